The fourth-order valence-corrected chi connectivity index (χ4v) is 2.55. The molecule has 0 aliphatic carbocycles. The first-order valence-corrected chi connectivity index (χ1v) is 6.58. The maximum absolute atomic E-state index is 12.6. The molecule has 1 N–H and O–H groups in total. The lowest BCUT2D eigenvalue weighted by Crippen LogP contribution is -2.40. The minimum absolute atomic E-state index is 0.131. The third-order valence-electron chi connectivity index (χ3n) is 3.60. The van der Waals surface area contributed by atoms with Crippen LogP contribution in [0.2, 0.25) is 0 Å². The van der Waals surface area contributed by atoms with E-state index < -0.39 is 0 Å². The first-order valence-electron chi connectivity index (χ1n) is 6.58. The van der Waals surface area contributed by atoms with E-state index in [2.05, 4.69) is 15.1 Å². The van der Waals surface area contributed by atoms with Crippen LogP contribution >= 0.6 is 0 Å². The quantitative estimate of drug-likeness (QED) is 0.899. The Morgan fingerprint density at radius 1 is 1.58 bits per heavy atom. The van der Waals surface area contributed by atoms with Crippen molar-refractivity contribution in [3.8, 4) is 0 Å². The summed E-state index contributed by atoms with van der Waals surface area (Å²) >= 11 is 0. The number of hydrogen-bond donors (Lipinski definition) is 1. The summed E-state index contributed by atoms with van der Waals surface area (Å²) in [6, 6.07) is 1.64. The molecule has 3 rings (SSSR count). The molecule has 0 spiro atoms. The van der Waals surface area contributed by atoms with Crippen molar-refractivity contribution in [3.63, 3.8) is 0 Å². The summed E-state index contributed by atoms with van der Waals surface area (Å²) in [7, 11) is 0. The molecule has 0 fully saturated rings. The van der Waals surface area contributed by atoms with Gasteiger partial charge in [0.1, 0.15) is 6.04 Å². The van der Waals surface area contributed by atoms with Gasteiger partial charge < -0.3 is 9.88 Å². The molecule has 1 amide bonds. The van der Waals surface area contributed by atoms with Gasteiger partial charge in [-0.25, -0.2) is 4.98 Å². The fourth-order valence-electron chi connectivity index (χ4n) is 2.55. The summed E-state index contributed by atoms with van der Waals surface area (Å²) in [4.78, 5) is 21.8. The fraction of sp³-hybridized carbons (Fsp3) is 0.462. The minimum atomic E-state index is -0.209. The average molecular weight is 259 g/mol. The van der Waals surface area contributed by atoms with E-state index in [4.69, 9.17) is 0 Å². The third-order valence-corrected chi connectivity index (χ3v) is 3.60. The second-order valence-corrected chi connectivity index (χ2v) is 4.75. The van der Waals surface area contributed by atoms with Gasteiger partial charge in [-0.05, 0) is 12.5 Å². The topological polar surface area (TPSA) is 66.8 Å². The van der Waals surface area contributed by atoms with Gasteiger partial charge in [-0.3, -0.25) is 9.48 Å². The molecule has 1 aliphatic heterocycles. The van der Waals surface area contributed by atoms with Gasteiger partial charge in [-0.2, -0.15) is 5.10 Å². The lowest BCUT2D eigenvalue weighted by Gasteiger charge is -2.29. The lowest BCUT2D eigenvalue weighted by molar-refractivity contribution is -0.136. The number of rotatable bonds is 3. The molecule has 0 unspecified atom stereocenters. The Morgan fingerprint density at radius 3 is 3.21 bits per heavy atom. The second-order valence-electron chi connectivity index (χ2n) is 4.75. The number of nitrogens with zero attached hydrogens (tertiary/aromatic N) is 4. The Balaban J connectivity index is 1.77. The maximum Gasteiger partial charge on any atom is 0.247 e. The highest BCUT2D eigenvalue weighted by Crippen LogP contribution is 2.20. The summed E-state index contributed by atoms with van der Waals surface area (Å²) in [5.41, 5.74) is 2.13. The lowest BCUT2D eigenvalue weighted by atomic mass is 10.1. The Hall–Kier alpha value is -2.11. The molecule has 19 heavy (non-hydrogen) atoms. The summed E-state index contributed by atoms with van der Waals surface area (Å²) in [6.07, 6.45) is 6.81. The molecule has 0 bridgehead atoms. The van der Waals surface area contributed by atoms with E-state index >= 15 is 0 Å². The highest BCUT2D eigenvalue weighted by atomic mass is 16.2. The van der Waals surface area contributed by atoms with Crippen LogP contribution < -0.4 is 0 Å². The van der Waals surface area contributed by atoms with Gasteiger partial charge in [0.2, 0.25) is 5.91 Å². The van der Waals surface area contributed by atoms with Crippen LogP contribution in [0.1, 0.15) is 30.8 Å². The van der Waals surface area contributed by atoms with Crippen molar-refractivity contribution in [1.29, 1.82) is 0 Å². The summed E-state index contributed by atoms with van der Waals surface area (Å²) in [5.74, 6) is 0.131. The summed E-state index contributed by atoms with van der Waals surface area (Å²) < 4.78 is 1.74. The number of nitrogens with one attached hydrogen (secondary N) is 1. The summed E-state index contributed by atoms with van der Waals surface area (Å²) in [6.45, 7) is 3.36. The monoisotopic (exact) mass is 259 g/mol. The normalized spacial score (nSPS) is 16.2. The number of imidazole rings is 1. The van der Waals surface area contributed by atoms with Gasteiger partial charge >= 0.3 is 0 Å². The molecule has 0 radical (unpaired) electrons. The molecule has 2 aromatic heterocycles. The van der Waals surface area contributed by atoms with Gasteiger partial charge in [0.15, 0.2) is 0 Å². The molecule has 6 heteroatoms. The zero-order chi connectivity index (χ0) is 13.2. The van der Waals surface area contributed by atoms with Crippen LogP contribution in [0.15, 0.2) is 24.8 Å². The van der Waals surface area contributed by atoms with E-state index in [0.717, 1.165) is 30.8 Å². The number of fused-ring (bicyclic) bond motifs is 1. The SMILES string of the molecule is CC[C@H](C(=O)N1CCc2nc[nH]c2C1)n1cccn1. The minimum Gasteiger partial charge on any atom is -0.347 e. The standard InChI is InChI=1S/C13H17N5O/c1-2-12(18-6-3-5-16-18)13(19)17-7-4-10-11(8-17)15-9-14-10/h3,5-6,9,12H,2,4,7-8H2,1H3,(H,14,15)/t12-/m1/s1. The molecule has 3 heterocycles. The summed E-state index contributed by atoms with van der Waals surface area (Å²) in [5, 5.41) is 4.19. The molecular weight excluding hydrogens is 242 g/mol. The smallest absolute Gasteiger partial charge is 0.247 e. The second kappa shape index (κ2) is 4.87. The Kier molecular flexibility index (Phi) is 3.06. The number of hydrogen-bond acceptors (Lipinski definition) is 3. The predicted molar refractivity (Wildman–Crippen MR) is 69.3 cm³/mol. The highest BCUT2D eigenvalue weighted by Gasteiger charge is 2.28. The first-order chi connectivity index (χ1) is 9.29. The van der Waals surface area contributed by atoms with Crippen LogP contribution in [0.3, 0.4) is 0 Å². The molecule has 1 atom stereocenters. The molecular formula is C13H17N5O. The van der Waals surface area contributed by atoms with E-state index in [1.165, 1.54) is 0 Å². The van der Waals surface area contributed by atoms with E-state index in [0.29, 0.717) is 6.54 Å². The van der Waals surface area contributed by atoms with E-state index in [1.807, 2.05) is 24.1 Å². The van der Waals surface area contributed by atoms with E-state index in [-0.39, 0.29) is 11.9 Å². The average Bonchev–Trinajstić information content (AvgIpc) is 3.09. The van der Waals surface area contributed by atoms with Gasteiger partial charge in [0.05, 0.1) is 24.3 Å². The number of carbonyl (C=O) groups excluding carboxylic acids is 1. The Bertz CT molecular complexity index is 559. The maximum atomic E-state index is 12.6. The zero-order valence-electron chi connectivity index (χ0n) is 10.9. The molecule has 6 nitrogen and oxygen atoms in total. The van der Waals surface area contributed by atoms with Gasteiger partial charge in [0, 0.05) is 25.4 Å². The van der Waals surface area contributed by atoms with Crippen molar-refractivity contribution in [2.24, 2.45) is 0 Å². The van der Waals surface area contributed by atoms with E-state index in [9.17, 15) is 4.79 Å². The molecule has 0 aromatic carbocycles. The van der Waals surface area contributed by atoms with Gasteiger partial charge in [-0.1, -0.05) is 6.92 Å². The largest absolute Gasteiger partial charge is 0.347 e. The van der Waals surface area contributed by atoms with Crippen LogP contribution in [-0.2, 0) is 17.8 Å². The first kappa shape index (κ1) is 12.0. The molecule has 100 valence electrons. The third kappa shape index (κ3) is 2.14. The molecule has 2 aromatic rings. The van der Waals surface area contributed by atoms with Crippen molar-refractivity contribution in [3.05, 3.63) is 36.2 Å². The van der Waals surface area contributed by atoms with Crippen molar-refractivity contribution in [2.75, 3.05) is 6.54 Å². The number of H-pyrrole nitrogens is 1. The molecule has 1 aliphatic rings. The molecule has 0 saturated heterocycles. The van der Waals surface area contributed by atoms with Gasteiger partial charge in [0.25, 0.3) is 0 Å². The molecule has 0 saturated carbocycles. The van der Waals surface area contributed by atoms with Crippen molar-refractivity contribution in [1.82, 2.24) is 24.6 Å². The predicted octanol–water partition coefficient (Wildman–Crippen LogP) is 1.14. The van der Waals surface area contributed by atoms with Crippen LogP contribution in [-0.4, -0.2) is 37.1 Å². The number of aromatic amines is 1. The van der Waals surface area contributed by atoms with Crippen LogP contribution in [0.25, 0.3) is 0 Å². The number of amides is 1. The Labute approximate surface area is 111 Å². The number of carbonyl (C=O) groups is 1. The van der Waals surface area contributed by atoms with Crippen molar-refractivity contribution in [2.45, 2.75) is 32.4 Å². The van der Waals surface area contributed by atoms with Crippen molar-refractivity contribution >= 4 is 5.91 Å². The zero-order valence-corrected chi connectivity index (χ0v) is 10.9. The van der Waals surface area contributed by atoms with Crippen molar-refractivity contribution < 1.29 is 4.79 Å². The van der Waals surface area contributed by atoms with E-state index in [1.54, 1.807) is 17.2 Å². The van der Waals surface area contributed by atoms with Crippen LogP contribution in [0, 0.1) is 0 Å². The van der Waals surface area contributed by atoms with Crippen LogP contribution in [0.5, 0.6) is 0 Å². The highest BCUT2D eigenvalue weighted by molar-refractivity contribution is 5.80. The Morgan fingerprint density at radius 2 is 2.47 bits per heavy atom. The van der Waals surface area contributed by atoms with Gasteiger partial charge in [-0.15, -0.1) is 0 Å². The number of aromatic nitrogens is 4. The van der Waals surface area contributed by atoms with Crippen LogP contribution in [0.4, 0.5) is 0 Å².